The highest BCUT2D eigenvalue weighted by atomic mass is 32.1. The molecule has 1 fully saturated rings. The summed E-state index contributed by atoms with van der Waals surface area (Å²) in [6.45, 7) is 10.5. The maximum Gasteiger partial charge on any atom is 0.0258 e. The summed E-state index contributed by atoms with van der Waals surface area (Å²) in [6, 6.07) is 4.48. The third-order valence-electron chi connectivity index (χ3n) is 4.15. The van der Waals surface area contributed by atoms with Gasteiger partial charge in [0.05, 0.1) is 0 Å². The zero-order chi connectivity index (χ0) is 11.1. The summed E-state index contributed by atoms with van der Waals surface area (Å²) in [5.41, 5.74) is 0.535. The van der Waals surface area contributed by atoms with Crippen LogP contribution in [0.25, 0.3) is 0 Å². The standard InChI is InChI=1S/C13H21NS/c1-10(2)13(11-6-5-9-15-11)7-8-14-12(13,3)4/h5-6,9-10,14H,7-8H2,1-4H3. The van der Waals surface area contributed by atoms with E-state index in [0.717, 1.165) is 6.54 Å². The topological polar surface area (TPSA) is 12.0 Å². The highest BCUT2D eigenvalue weighted by Crippen LogP contribution is 2.49. The van der Waals surface area contributed by atoms with Crippen LogP contribution in [0.1, 0.15) is 39.0 Å². The molecule has 1 aliphatic heterocycles. The second-order valence-electron chi connectivity index (χ2n) is 5.41. The zero-order valence-electron chi connectivity index (χ0n) is 10.1. The summed E-state index contributed by atoms with van der Waals surface area (Å²) in [5.74, 6) is 0.682. The highest BCUT2D eigenvalue weighted by Gasteiger charge is 2.52. The van der Waals surface area contributed by atoms with Crippen molar-refractivity contribution in [3.63, 3.8) is 0 Å². The largest absolute Gasteiger partial charge is 0.311 e. The monoisotopic (exact) mass is 223 g/mol. The van der Waals surface area contributed by atoms with Gasteiger partial charge in [-0.2, -0.15) is 0 Å². The van der Waals surface area contributed by atoms with Crippen LogP contribution in [0, 0.1) is 5.92 Å². The maximum atomic E-state index is 3.66. The lowest BCUT2D eigenvalue weighted by Crippen LogP contribution is -2.52. The second-order valence-corrected chi connectivity index (χ2v) is 6.35. The summed E-state index contributed by atoms with van der Waals surface area (Å²) in [6.07, 6.45) is 1.26. The van der Waals surface area contributed by atoms with Gasteiger partial charge in [-0.05, 0) is 44.2 Å². The van der Waals surface area contributed by atoms with E-state index in [1.165, 1.54) is 6.42 Å². The van der Waals surface area contributed by atoms with Crippen molar-refractivity contribution in [1.82, 2.24) is 5.32 Å². The molecule has 0 saturated carbocycles. The van der Waals surface area contributed by atoms with E-state index in [1.807, 2.05) is 11.3 Å². The number of hydrogen-bond donors (Lipinski definition) is 1. The first-order valence-electron chi connectivity index (χ1n) is 5.80. The van der Waals surface area contributed by atoms with Gasteiger partial charge in [-0.3, -0.25) is 0 Å². The van der Waals surface area contributed by atoms with E-state index in [-0.39, 0.29) is 5.54 Å². The number of rotatable bonds is 2. The molecule has 1 unspecified atom stereocenters. The van der Waals surface area contributed by atoms with Crippen LogP contribution >= 0.6 is 11.3 Å². The van der Waals surface area contributed by atoms with Crippen molar-refractivity contribution in [1.29, 1.82) is 0 Å². The molecular weight excluding hydrogens is 202 g/mol. The Morgan fingerprint density at radius 2 is 2.13 bits per heavy atom. The molecule has 2 heteroatoms. The van der Waals surface area contributed by atoms with Crippen LogP contribution in [0.4, 0.5) is 0 Å². The van der Waals surface area contributed by atoms with E-state index < -0.39 is 0 Å². The van der Waals surface area contributed by atoms with Gasteiger partial charge in [0.1, 0.15) is 0 Å². The molecule has 0 aliphatic carbocycles. The fourth-order valence-corrected chi connectivity index (χ4v) is 4.56. The smallest absolute Gasteiger partial charge is 0.0258 e. The van der Waals surface area contributed by atoms with E-state index in [4.69, 9.17) is 0 Å². The van der Waals surface area contributed by atoms with Gasteiger partial charge >= 0.3 is 0 Å². The van der Waals surface area contributed by atoms with Gasteiger partial charge in [0.25, 0.3) is 0 Å². The van der Waals surface area contributed by atoms with Gasteiger partial charge in [-0.1, -0.05) is 19.9 Å². The van der Waals surface area contributed by atoms with Crippen molar-refractivity contribution >= 4 is 11.3 Å². The average molecular weight is 223 g/mol. The Morgan fingerprint density at radius 1 is 1.40 bits per heavy atom. The average Bonchev–Trinajstić information content (AvgIpc) is 2.70. The van der Waals surface area contributed by atoms with E-state index in [9.17, 15) is 0 Å². The predicted molar refractivity (Wildman–Crippen MR) is 67.5 cm³/mol. The predicted octanol–water partition coefficient (Wildman–Crippen LogP) is 3.41. The quantitative estimate of drug-likeness (QED) is 0.810. The summed E-state index contributed by atoms with van der Waals surface area (Å²) >= 11 is 1.91. The van der Waals surface area contributed by atoms with Gasteiger partial charge in [-0.15, -0.1) is 11.3 Å². The molecule has 1 aromatic rings. The molecule has 2 rings (SSSR count). The Kier molecular flexibility index (Phi) is 2.68. The van der Waals surface area contributed by atoms with Gasteiger partial charge in [0.2, 0.25) is 0 Å². The van der Waals surface area contributed by atoms with Crippen LogP contribution in [-0.2, 0) is 5.41 Å². The molecule has 1 aromatic heterocycles. The minimum Gasteiger partial charge on any atom is -0.311 e. The van der Waals surface area contributed by atoms with Crippen LogP contribution in [-0.4, -0.2) is 12.1 Å². The zero-order valence-corrected chi connectivity index (χ0v) is 10.9. The van der Waals surface area contributed by atoms with Crippen LogP contribution in [0.5, 0.6) is 0 Å². The lowest BCUT2D eigenvalue weighted by molar-refractivity contribution is 0.204. The van der Waals surface area contributed by atoms with Gasteiger partial charge in [-0.25, -0.2) is 0 Å². The van der Waals surface area contributed by atoms with E-state index in [0.29, 0.717) is 11.3 Å². The Balaban J connectivity index is 2.51. The summed E-state index contributed by atoms with van der Waals surface area (Å²) < 4.78 is 0. The molecule has 0 amide bonds. The first-order valence-corrected chi connectivity index (χ1v) is 6.68. The number of thiophene rings is 1. The fourth-order valence-electron chi connectivity index (χ4n) is 3.30. The molecule has 0 spiro atoms. The molecular formula is C13H21NS. The molecule has 1 N–H and O–H groups in total. The third kappa shape index (κ3) is 1.46. The van der Waals surface area contributed by atoms with E-state index in [2.05, 4.69) is 50.5 Å². The van der Waals surface area contributed by atoms with Crippen molar-refractivity contribution in [2.24, 2.45) is 5.92 Å². The van der Waals surface area contributed by atoms with Crippen molar-refractivity contribution in [2.75, 3.05) is 6.54 Å². The maximum absolute atomic E-state index is 3.66. The molecule has 0 aromatic carbocycles. The highest BCUT2D eigenvalue weighted by molar-refractivity contribution is 7.10. The molecule has 1 atom stereocenters. The van der Waals surface area contributed by atoms with Crippen molar-refractivity contribution < 1.29 is 0 Å². The van der Waals surface area contributed by atoms with Crippen LogP contribution in [0.2, 0.25) is 0 Å². The molecule has 0 bridgehead atoms. The van der Waals surface area contributed by atoms with Crippen LogP contribution < -0.4 is 5.32 Å². The SMILES string of the molecule is CC(C)C1(c2cccs2)CCNC1(C)C. The van der Waals surface area contributed by atoms with Gasteiger partial charge < -0.3 is 5.32 Å². The second kappa shape index (κ2) is 3.60. The lowest BCUT2D eigenvalue weighted by atomic mass is 9.64. The van der Waals surface area contributed by atoms with Crippen molar-refractivity contribution in [2.45, 2.75) is 45.1 Å². The Bertz CT molecular complexity index is 326. The molecule has 84 valence electrons. The molecule has 1 aliphatic rings. The molecule has 2 heterocycles. The molecule has 1 nitrogen and oxygen atoms in total. The van der Waals surface area contributed by atoms with E-state index in [1.54, 1.807) is 4.88 Å². The molecule has 15 heavy (non-hydrogen) atoms. The van der Waals surface area contributed by atoms with Gasteiger partial charge in [0.15, 0.2) is 0 Å². The number of hydrogen-bond acceptors (Lipinski definition) is 2. The third-order valence-corrected chi connectivity index (χ3v) is 5.20. The Labute approximate surface area is 96.9 Å². The molecule has 1 saturated heterocycles. The lowest BCUT2D eigenvalue weighted by Gasteiger charge is -2.44. The normalized spacial score (nSPS) is 29.9. The Hall–Kier alpha value is -0.340. The van der Waals surface area contributed by atoms with Crippen LogP contribution in [0.3, 0.4) is 0 Å². The van der Waals surface area contributed by atoms with E-state index >= 15 is 0 Å². The summed E-state index contributed by atoms with van der Waals surface area (Å²) in [7, 11) is 0. The number of nitrogens with one attached hydrogen (secondary N) is 1. The first kappa shape index (κ1) is 11.2. The van der Waals surface area contributed by atoms with Crippen molar-refractivity contribution in [3.8, 4) is 0 Å². The Morgan fingerprint density at radius 3 is 2.53 bits per heavy atom. The minimum atomic E-state index is 0.214. The van der Waals surface area contributed by atoms with Crippen molar-refractivity contribution in [3.05, 3.63) is 22.4 Å². The van der Waals surface area contributed by atoms with Gasteiger partial charge in [0, 0.05) is 15.8 Å². The first-order chi connectivity index (χ1) is 7.01. The molecule has 0 radical (unpaired) electrons. The van der Waals surface area contributed by atoms with Crippen LogP contribution in [0.15, 0.2) is 17.5 Å². The summed E-state index contributed by atoms with van der Waals surface area (Å²) in [4.78, 5) is 1.55. The fraction of sp³-hybridized carbons (Fsp3) is 0.692. The summed E-state index contributed by atoms with van der Waals surface area (Å²) in [5, 5.41) is 5.87. The minimum absolute atomic E-state index is 0.214.